The van der Waals surface area contributed by atoms with Crippen LogP contribution in [0.2, 0.25) is 0 Å². The molecule has 0 fully saturated rings. The Morgan fingerprint density at radius 3 is 2.92 bits per heavy atom. The fourth-order valence-corrected chi connectivity index (χ4v) is 1.54. The van der Waals surface area contributed by atoms with E-state index in [1.165, 1.54) is 11.3 Å². The van der Waals surface area contributed by atoms with Crippen LogP contribution in [0.25, 0.3) is 0 Å². The number of aromatic nitrogens is 2. The monoisotopic (exact) mass is 187 g/mol. The van der Waals surface area contributed by atoms with Crippen LogP contribution in [0.4, 0.5) is 5.13 Å². The zero-order valence-corrected chi connectivity index (χ0v) is 8.31. The van der Waals surface area contributed by atoms with Crippen LogP contribution in [0, 0.1) is 0 Å². The lowest BCUT2D eigenvalue weighted by molar-refractivity contribution is 0.158. The SMILES string of the molecule is COCC(C)(C)Nc1nncs1. The number of ether oxygens (including phenoxy) is 1. The van der Waals surface area contributed by atoms with Gasteiger partial charge in [0.25, 0.3) is 0 Å². The number of rotatable bonds is 4. The maximum atomic E-state index is 5.05. The van der Waals surface area contributed by atoms with Gasteiger partial charge in [0.05, 0.1) is 12.1 Å². The topological polar surface area (TPSA) is 47.0 Å². The van der Waals surface area contributed by atoms with E-state index in [-0.39, 0.29) is 5.54 Å². The van der Waals surface area contributed by atoms with Gasteiger partial charge in [0.2, 0.25) is 5.13 Å². The molecule has 0 radical (unpaired) electrons. The fraction of sp³-hybridized carbons (Fsp3) is 0.714. The summed E-state index contributed by atoms with van der Waals surface area (Å²) in [6.07, 6.45) is 0. The highest BCUT2D eigenvalue weighted by Gasteiger charge is 2.17. The highest BCUT2D eigenvalue weighted by Crippen LogP contribution is 2.15. The molecule has 0 spiro atoms. The molecule has 1 aromatic rings. The van der Waals surface area contributed by atoms with Crippen molar-refractivity contribution in [1.29, 1.82) is 0 Å². The molecule has 0 unspecified atom stereocenters. The van der Waals surface area contributed by atoms with Crippen molar-refractivity contribution in [3.8, 4) is 0 Å². The summed E-state index contributed by atoms with van der Waals surface area (Å²) in [4.78, 5) is 0. The Kier molecular flexibility index (Phi) is 2.99. The smallest absolute Gasteiger partial charge is 0.205 e. The molecule has 0 bridgehead atoms. The minimum atomic E-state index is -0.0890. The van der Waals surface area contributed by atoms with Crippen molar-refractivity contribution >= 4 is 16.5 Å². The summed E-state index contributed by atoms with van der Waals surface area (Å²) in [5.41, 5.74) is 1.61. The maximum absolute atomic E-state index is 5.05. The Balaban J connectivity index is 2.50. The minimum Gasteiger partial charge on any atom is -0.382 e. The molecule has 0 atom stereocenters. The maximum Gasteiger partial charge on any atom is 0.205 e. The van der Waals surface area contributed by atoms with Gasteiger partial charge in [0.15, 0.2) is 0 Å². The van der Waals surface area contributed by atoms with Crippen LogP contribution in [0.1, 0.15) is 13.8 Å². The van der Waals surface area contributed by atoms with Crippen molar-refractivity contribution in [2.45, 2.75) is 19.4 Å². The highest BCUT2D eigenvalue weighted by atomic mass is 32.1. The molecule has 0 saturated carbocycles. The Morgan fingerprint density at radius 2 is 2.42 bits per heavy atom. The number of hydrogen-bond acceptors (Lipinski definition) is 5. The number of methoxy groups -OCH3 is 1. The van der Waals surface area contributed by atoms with E-state index in [2.05, 4.69) is 29.4 Å². The second-order valence-electron chi connectivity index (χ2n) is 3.19. The predicted molar refractivity (Wildman–Crippen MR) is 49.5 cm³/mol. The van der Waals surface area contributed by atoms with Gasteiger partial charge >= 0.3 is 0 Å². The van der Waals surface area contributed by atoms with E-state index in [0.29, 0.717) is 6.61 Å². The molecule has 0 aliphatic carbocycles. The summed E-state index contributed by atoms with van der Waals surface area (Å²) >= 11 is 1.49. The molecule has 0 aliphatic rings. The van der Waals surface area contributed by atoms with E-state index in [0.717, 1.165) is 5.13 Å². The van der Waals surface area contributed by atoms with Gasteiger partial charge in [0.1, 0.15) is 5.51 Å². The van der Waals surface area contributed by atoms with Crippen LogP contribution in [0.15, 0.2) is 5.51 Å². The second-order valence-corrected chi connectivity index (χ2v) is 4.02. The second kappa shape index (κ2) is 3.82. The number of nitrogens with one attached hydrogen (secondary N) is 1. The zero-order chi connectivity index (χ0) is 9.03. The van der Waals surface area contributed by atoms with Crippen molar-refractivity contribution < 1.29 is 4.74 Å². The molecule has 1 N–H and O–H groups in total. The first-order valence-electron chi connectivity index (χ1n) is 3.67. The average molecular weight is 187 g/mol. The lowest BCUT2D eigenvalue weighted by atomic mass is 10.1. The summed E-state index contributed by atoms with van der Waals surface area (Å²) in [7, 11) is 1.68. The van der Waals surface area contributed by atoms with Crippen LogP contribution < -0.4 is 5.32 Å². The molecule has 1 heterocycles. The standard InChI is InChI=1S/C7H13N3OS/c1-7(2,4-11-3)9-6-10-8-5-12-6/h5H,4H2,1-3H3,(H,9,10). The molecular weight excluding hydrogens is 174 g/mol. The lowest BCUT2D eigenvalue weighted by Gasteiger charge is -2.24. The Hall–Kier alpha value is -0.680. The minimum absolute atomic E-state index is 0.0890. The van der Waals surface area contributed by atoms with E-state index >= 15 is 0 Å². The molecule has 5 heteroatoms. The van der Waals surface area contributed by atoms with E-state index < -0.39 is 0 Å². The van der Waals surface area contributed by atoms with Crippen molar-refractivity contribution in [3.63, 3.8) is 0 Å². The van der Waals surface area contributed by atoms with Crippen LogP contribution in [0.5, 0.6) is 0 Å². The lowest BCUT2D eigenvalue weighted by Crippen LogP contribution is -2.35. The first-order chi connectivity index (χ1) is 5.64. The van der Waals surface area contributed by atoms with Gasteiger partial charge in [-0.1, -0.05) is 11.3 Å². The Bertz CT molecular complexity index is 223. The van der Waals surface area contributed by atoms with E-state index in [9.17, 15) is 0 Å². The van der Waals surface area contributed by atoms with Crippen LogP contribution in [-0.4, -0.2) is 29.5 Å². The van der Waals surface area contributed by atoms with Gasteiger partial charge in [-0.2, -0.15) is 0 Å². The molecule has 0 aromatic carbocycles. The van der Waals surface area contributed by atoms with Crippen molar-refractivity contribution in [2.75, 3.05) is 19.0 Å². The molecule has 1 rings (SSSR count). The predicted octanol–water partition coefficient (Wildman–Crippen LogP) is 1.38. The molecule has 4 nitrogen and oxygen atoms in total. The van der Waals surface area contributed by atoms with Crippen LogP contribution in [0.3, 0.4) is 0 Å². The molecule has 0 amide bonds. The van der Waals surface area contributed by atoms with Gasteiger partial charge < -0.3 is 10.1 Å². The number of anilines is 1. The third-order valence-electron chi connectivity index (χ3n) is 1.31. The normalized spacial score (nSPS) is 11.6. The Morgan fingerprint density at radius 1 is 1.67 bits per heavy atom. The van der Waals surface area contributed by atoms with E-state index in [4.69, 9.17) is 4.74 Å². The van der Waals surface area contributed by atoms with Gasteiger partial charge in [-0.25, -0.2) is 0 Å². The van der Waals surface area contributed by atoms with Gasteiger partial charge in [-0.15, -0.1) is 10.2 Å². The summed E-state index contributed by atoms with van der Waals surface area (Å²) in [5.74, 6) is 0. The molecule has 0 aliphatic heterocycles. The van der Waals surface area contributed by atoms with Crippen molar-refractivity contribution in [1.82, 2.24) is 10.2 Å². The van der Waals surface area contributed by atoms with Gasteiger partial charge in [0, 0.05) is 7.11 Å². The third kappa shape index (κ3) is 2.75. The first-order valence-corrected chi connectivity index (χ1v) is 4.55. The first kappa shape index (κ1) is 9.41. The van der Waals surface area contributed by atoms with E-state index in [1.807, 2.05) is 0 Å². The molecule has 68 valence electrons. The van der Waals surface area contributed by atoms with Gasteiger partial charge in [-0.05, 0) is 13.8 Å². The summed E-state index contributed by atoms with van der Waals surface area (Å²) < 4.78 is 5.05. The summed E-state index contributed by atoms with van der Waals surface area (Å²) in [6, 6.07) is 0. The zero-order valence-electron chi connectivity index (χ0n) is 7.50. The molecule has 0 saturated heterocycles. The molecule has 1 aromatic heterocycles. The highest BCUT2D eigenvalue weighted by molar-refractivity contribution is 7.13. The largest absolute Gasteiger partial charge is 0.382 e. The molecule has 12 heavy (non-hydrogen) atoms. The molecular formula is C7H13N3OS. The quantitative estimate of drug-likeness (QED) is 0.773. The van der Waals surface area contributed by atoms with Crippen LogP contribution in [-0.2, 0) is 4.74 Å². The summed E-state index contributed by atoms with van der Waals surface area (Å²) in [6.45, 7) is 4.75. The Labute approximate surface area is 76.0 Å². The average Bonchev–Trinajstić information content (AvgIpc) is 2.38. The van der Waals surface area contributed by atoms with Crippen molar-refractivity contribution in [2.24, 2.45) is 0 Å². The fourth-order valence-electron chi connectivity index (χ4n) is 0.914. The van der Waals surface area contributed by atoms with Gasteiger partial charge in [-0.3, -0.25) is 0 Å². The number of hydrogen-bond donors (Lipinski definition) is 1. The third-order valence-corrected chi connectivity index (χ3v) is 1.92. The summed E-state index contributed by atoms with van der Waals surface area (Å²) in [5, 5.41) is 11.7. The van der Waals surface area contributed by atoms with E-state index in [1.54, 1.807) is 12.6 Å². The number of nitrogens with zero attached hydrogens (tertiary/aromatic N) is 2. The van der Waals surface area contributed by atoms with Crippen molar-refractivity contribution in [3.05, 3.63) is 5.51 Å². The van der Waals surface area contributed by atoms with Crippen LogP contribution >= 0.6 is 11.3 Å².